The van der Waals surface area contributed by atoms with Crippen LogP contribution in [-0.2, 0) is 9.84 Å². The molecule has 0 aliphatic carbocycles. The number of nitrogens with zero attached hydrogens (tertiary/aromatic N) is 2. The van der Waals surface area contributed by atoms with E-state index in [-0.39, 0.29) is 22.6 Å². The van der Waals surface area contributed by atoms with Crippen LogP contribution in [0.15, 0.2) is 76.6 Å². The molecule has 1 fully saturated rings. The van der Waals surface area contributed by atoms with E-state index in [0.717, 1.165) is 17.6 Å². The summed E-state index contributed by atoms with van der Waals surface area (Å²) in [7, 11) is -3.33. The highest BCUT2D eigenvalue weighted by atomic mass is 32.2. The lowest BCUT2D eigenvalue weighted by atomic mass is 9.93. The van der Waals surface area contributed by atoms with Gasteiger partial charge >= 0.3 is 6.09 Å². The number of carbonyl (C=O) groups is 1. The molecule has 2 unspecified atom stereocenters. The number of hydrogen-bond donors (Lipinski definition) is 1. The van der Waals surface area contributed by atoms with E-state index in [1.165, 1.54) is 27.7 Å². The molecule has 3 aromatic rings. The summed E-state index contributed by atoms with van der Waals surface area (Å²) in [6.07, 6.45) is 2.37. The molecule has 9 nitrogen and oxygen atoms in total. The number of rotatable bonds is 7. The molecule has 1 amide bonds. The molecule has 10 heteroatoms. The zero-order valence-corrected chi connectivity index (χ0v) is 20.8. The Kier molecular flexibility index (Phi) is 7.35. The molecule has 2 aromatic carbocycles. The number of amides is 1. The third kappa shape index (κ3) is 5.71. The van der Waals surface area contributed by atoms with Crippen LogP contribution in [0.1, 0.15) is 31.4 Å². The normalized spacial score (nSPS) is 18.0. The lowest BCUT2D eigenvalue weighted by Crippen LogP contribution is -2.43. The third-order valence-corrected chi connectivity index (χ3v) is 7.24. The number of carboxylic acid groups (broad SMARTS) is 1. The molecular formula is C26H28N2O7S. The second kappa shape index (κ2) is 10.4. The van der Waals surface area contributed by atoms with Crippen molar-refractivity contribution in [1.29, 1.82) is 0 Å². The highest BCUT2D eigenvalue weighted by molar-refractivity contribution is 7.90. The monoisotopic (exact) mass is 512 g/mol. The maximum absolute atomic E-state index is 12.7. The number of aromatic nitrogens is 1. The fourth-order valence-electron chi connectivity index (χ4n) is 4.33. The summed E-state index contributed by atoms with van der Waals surface area (Å²) in [6, 6.07) is 16.1. The minimum absolute atomic E-state index is 0.175. The van der Waals surface area contributed by atoms with Crippen molar-refractivity contribution in [3.8, 4) is 17.2 Å². The topological polar surface area (TPSA) is 115 Å². The average Bonchev–Trinajstić information content (AvgIpc) is 2.84. The van der Waals surface area contributed by atoms with Gasteiger partial charge in [0.05, 0.1) is 17.5 Å². The van der Waals surface area contributed by atoms with Crippen LogP contribution in [0.5, 0.6) is 11.5 Å². The molecule has 0 radical (unpaired) electrons. The van der Waals surface area contributed by atoms with Crippen LogP contribution in [0.2, 0.25) is 0 Å². The van der Waals surface area contributed by atoms with Crippen LogP contribution in [-0.4, -0.2) is 54.6 Å². The van der Waals surface area contributed by atoms with Crippen LogP contribution >= 0.6 is 0 Å². The minimum atomic E-state index is -3.33. The predicted octanol–water partition coefficient (Wildman–Crippen LogP) is 3.90. The van der Waals surface area contributed by atoms with Crippen LogP contribution in [0, 0.1) is 0 Å². The van der Waals surface area contributed by atoms with E-state index in [9.17, 15) is 23.1 Å². The first-order chi connectivity index (χ1) is 17.2. The first-order valence-corrected chi connectivity index (χ1v) is 13.5. The molecule has 1 saturated heterocycles. The SMILES string of the molecule is CCOc1ccc(C2CC(Oc3ccn(-c4ccc(S(C)(=O)=O)cc4)c(=O)c3)CCN2C(=O)O)cc1. The molecule has 36 heavy (non-hydrogen) atoms. The summed E-state index contributed by atoms with van der Waals surface area (Å²) in [6.45, 7) is 2.75. The van der Waals surface area contributed by atoms with E-state index in [0.29, 0.717) is 37.4 Å². The van der Waals surface area contributed by atoms with E-state index in [4.69, 9.17) is 9.47 Å². The van der Waals surface area contributed by atoms with Crippen molar-refractivity contribution < 1.29 is 27.8 Å². The lowest BCUT2D eigenvalue weighted by Gasteiger charge is -2.38. The van der Waals surface area contributed by atoms with Crippen molar-refractivity contribution in [3.05, 3.63) is 82.8 Å². The van der Waals surface area contributed by atoms with Crippen LogP contribution < -0.4 is 15.0 Å². The molecule has 2 heterocycles. The van der Waals surface area contributed by atoms with Gasteiger partial charge in [0.15, 0.2) is 9.84 Å². The lowest BCUT2D eigenvalue weighted by molar-refractivity contribution is 0.0538. The second-order valence-corrected chi connectivity index (χ2v) is 10.6. The number of sulfone groups is 1. The maximum atomic E-state index is 12.7. The molecular weight excluding hydrogens is 484 g/mol. The fraction of sp³-hybridized carbons (Fsp3) is 0.308. The van der Waals surface area contributed by atoms with E-state index in [1.54, 1.807) is 24.4 Å². The van der Waals surface area contributed by atoms with Crippen molar-refractivity contribution in [3.63, 3.8) is 0 Å². The number of piperidine rings is 1. The highest BCUT2D eigenvalue weighted by Crippen LogP contribution is 2.34. The van der Waals surface area contributed by atoms with E-state index < -0.39 is 15.9 Å². The number of hydrogen-bond acceptors (Lipinski definition) is 6. The smallest absolute Gasteiger partial charge is 0.407 e. The minimum Gasteiger partial charge on any atom is -0.494 e. The number of likely N-dealkylation sites (tertiary alicyclic amines) is 1. The standard InChI is InChI=1S/C26H28N2O7S/c1-3-34-20-8-4-18(5-9-20)24-16-21(13-15-28(24)26(30)31)35-22-12-14-27(25(29)17-22)19-6-10-23(11-7-19)36(2,32)33/h4-12,14,17,21,24H,3,13,15-16H2,1-2H3,(H,30,31). The molecule has 0 spiro atoms. The first kappa shape index (κ1) is 25.3. The summed E-state index contributed by atoms with van der Waals surface area (Å²) in [5.74, 6) is 1.11. The summed E-state index contributed by atoms with van der Waals surface area (Å²) in [5.41, 5.74) is 1.05. The number of pyridine rings is 1. The van der Waals surface area contributed by atoms with Crippen molar-refractivity contribution in [2.24, 2.45) is 0 Å². The van der Waals surface area contributed by atoms with Gasteiger partial charge in [-0.2, -0.15) is 0 Å². The summed E-state index contributed by atoms with van der Waals surface area (Å²) < 4.78 is 36.3. The summed E-state index contributed by atoms with van der Waals surface area (Å²) >= 11 is 0. The van der Waals surface area contributed by atoms with Gasteiger partial charge in [0.2, 0.25) is 0 Å². The van der Waals surface area contributed by atoms with Crippen LogP contribution in [0.25, 0.3) is 5.69 Å². The molecule has 1 aromatic heterocycles. The molecule has 0 saturated carbocycles. The highest BCUT2D eigenvalue weighted by Gasteiger charge is 2.33. The molecule has 1 N–H and O–H groups in total. The predicted molar refractivity (Wildman–Crippen MR) is 134 cm³/mol. The van der Waals surface area contributed by atoms with Crippen LogP contribution in [0.3, 0.4) is 0 Å². The Morgan fingerprint density at radius 1 is 1.06 bits per heavy atom. The molecule has 1 aliphatic heterocycles. The van der Waals surface area contributed by atoms with Crippen LogP contribution in [0.4, 0.5) is 4.79 Å². The zero-order chi connectivity index (χ0) is 25.9. The van der Waals surface area contributed by atoms with Gasteiger partial charge in [-0.25, -0.2) is 13.2 Å². The van der Waals surface area contributed by atoms with Gasteiger partial charge in [0, 0.05) is 43.6 Å². The summed E-state index contributed by atoms with van der Waals surface area (Å²) in [5, 5.41) is 9.70. The second-order valence-electron chi connectivity index (χ2n) is 8.59. The first-order valence-electron chi connectivity index (χ1n) is 11.6. The molecule has 0 bridgehead atoms. The van der Waals surface area contributed by atoms with Crippen molar-refractivity contribution in [2.45, 2.75) is 36.8 Å². The third-order valence-electron chi connectivity index (χ3n) is 6.11. The Bertz CT molecular complexity index is 1380. The Labute approximate surface area is 209 Å². The molecule has 190 valence electrons. The van der Waals surface area contributed by atoms with Crippen molar-refractivity contribution in [1.82, 2.24) is 9.47 Å². The molecule has 1 aliphatic rings. The Balaban J connectivity index is 1.50. The maximum Gasteiger partial charge on any atom is 0.407 e. The fourth-order valence-corrected chi connectivity index (χ4v) is 4.96. The Hall–Kier alpha value is -3.79. The average molecular weight is 513 g/mol. The van der Waals surface area contributed by atoms with E-state index in [1.807, 2.05) is 31.2 Å². The zero-order valence-electron chi connectivity index (χ0n) is 20.0. The quantitative estimate of drug-likeness (QED) is 0.510. The number of benzene rings is 2. The Morgan fingerprint density at radius 2 is 1.75 bits per heavy atom. The van der Waals surface area contributed by atoms with Gasteiger partial charge in [-0.1, -0.05) is 12.1 Å². The van der Waals surface area contributed by atoms with Gasteiger partial charge in [-0.05, 0) is 55.0 Å². The van der Waals surface area contributed by atoms with Crippen molar-refractivity contribution in [2.75, 3.05) is 19.4 Å². The van der Waals surface area contributed by atoms with Crippen molar-refractivity contribution >= 4 is 15.9 Å². The van der Waals surface area contributed by atoms with Gasteiger partial charge < -0.3 is 19.5 Å². The van der Waals surface area contributed by atoms with Gasteiger partial charge in [0.1, 0.15) is 17.6 Å². The van der Waals surface area contributed by atoms with E-state index in [2.05, 4.69) is 0 Å². The summed E-state index contributed by atoms with van der Waals surface area (Å²) in [4.78, 5) is 26.2. The van der Waals surface area contributed by atoms with E-state index >= 15 is 0 Å². The molecule has 2 atom stereocenters. The molecule has 4 rings (SSSR count). The van der Waals surface area contributed by atoms with Gasteiger partial charge in [-0.15, -0.1) is 0 Å². The van der Waals surface area contributed by atoms with Gasteiger partial charge in [0.25, 0.3) is 5.56 Å². The Morgan fingerprint density at radius 3 is 2.33 bits per heavy atom. The largest absolute Gasteiger partial charge is 0.494 e. The number of ether oxygens (including phenoxy) is 2. The van der Waals surface area contributed by atoms with Gasteiger partial charge in [-0.3, -0.25) is 9.36 Å².